The minimum Gasteiger partial charge on any atom is -0.441 e. The van der Waals surface area contributed by atoms with Crippen molar-refractivity contribution >= 4 is 17.7 Å². The standard InChI is InChI=1S/C22H25N3O2S/c1-3-17-4-6-19(7-5-17)22-25-20(16(2)27-22)14-28-15-21(26)24-13-10-18-8-11-23-12-9-18/h4-9,11-12H,3,10,13-15H2,1-2H3,(H,24,26). The molecule has 1 N–H and O–H groups in total. The van der Waals surface area contributed by atoms with Crippen LogP contribution in [0.2, 0.25) is 0 Å². The Morgan fingerprint density at radius 2 is 1.86 bits per heavy atom. The molecule has 0 saturated heterocycles. The molecule has 5 nitrogen and oxygen atoms in total. The lowest BCUT2D eigenvalue weighted by molar-refractivity contribution is -0.118. The molecular weight excluding hydrogens is 370 g/mol. The molecule has 0 atom stereocenters. The van der Waals surface area contributed by atoms with Gasteiger partial charge in [0.25, 0.3) is 0 Å². The van der Waals surface area contributed by atoms with Crippen molar-refractivity contribution in [3.05, 3.63) is 71.4 Å². The topological polar surface area (TPSA) is 68.0 Å². The van der Waals surface area contributed by atoms with Crippen LogP contribution in [0.25, 0.3) is 11.5 Å². The molecule has 3 rings (SSSR count). The van der Waals surface area contributed by atoms with Crippen LogP contribution in [-0.2, 0) is 23.4 Å². The van der Waals surface area contributed by atoms with E-state index in [0.29, 0.717) is 23.9 Å². The van der Waals surface area contributed by atoms with Crippen LogP contribution < -0.4 is 5.32 Å². The third-order valence-corrected chi connectivity index (χ3v) is 5.40. The van der Waals surface area contributed by atoms with Crippen molar-refractivity contribution in [3.63, 3.8) is 0 Å². The smallest absolute Gasteiger partial charge is 0.230 e. The van der Waals surface area contributed by atoms with Crippen molar-refractivity contribution in [2.24, 2.45) is 0 Å². The average molecular weight is 396 g/mol. The quantitative estimate of drug-likeness (QED) is 0.588. The molecule has 0 saturated carbocycles. The molecule has 6 heteroatoms. The monoisotopic (exact) mass is 395 g/mol. The number of aryl methyl sites for hydroxylation is 2. The number of thioether (sulfide) groups is 1. The maximum Gasteiger partial charge on any atom is 0.230 e. The minimum absolute atomic E-state index is 0.0376. The van der Waals surface area contributed by atoms with Crippen molar-refractivity contribution in [3.8, 4) is 11.5 Å². The summed E-state index contributed by atoms with van der Waals surface area (Å²) in [4.78, 5) is 20.6. The molecule has 0 aliphatic heterocycles. The number of benzene rings is 1. The second-order valence-corrected chi connectivity index (χ2v) is 7.51. The van der Waals surface area contributed by atoms with Crippen LogP contribution in [-0.4, -0.2) is 28.2 Å². The van der Waals surface area contributed by atoms with Crippen molar-refractivity contribution in [2.75, 3.05) is 12.3 Å². The SMILES string of the molecule is CCc1ccc(-c2nc(CSCC(=O)NCCc3ccncc3)c(C)o2)cc1. The van der Waals surface area contributed by atoms with Gasteiger partial charge in [0.05, 0.1) is 11.4 Å². The van der Waals surface area contributed by atoms with E-state index >= 15 is 0 Å². The van der Waals surface area contributed by atoms with E-state index in [1.54, 1.807) is 24.2 Å². The summed E-state index contributed by atoms with van der Waals surface area (Å²) < 4.78 is 5.82. The van der Waals surface area contributed by atoms with Gasteiger partial charge in [-0.1, -0.05) is 19.1 Å². The highest BCUT2D eigenvalue weighted by Gasteiger charge is 2.12. The summed E-state index contributed by atoms with van der Waals surface area (Å²) in [6.45, 7) is 4.68. The number of rotatable bonds is 9. The Balaban J connectivity index is 1.44. The summed E-state index contributed by atoms with van der Waals surface area (Å²) in [7, 11) is 0. The summed E-state index contributed by atoms with van der Waals surface area (Å²) in [5.74, 6) is 2.54. The maximum atomic E-state index is 12.0. The number of hydrogen-bond acceptors (Lipinski definition) is 5. The van der Waals surface area contributed by atoms with Crippen molar-refractivity contribution in [1.29, 1.82) is 0 Å². The molecule has 0 aliphatic rings. The van der Waals surface area contributed by atoms with Crippen LogP contribution in [0.5, 0.6) is 0 Å². The molecule has 0 spiro atoms. The minimum atomic E-state index is 0.0376. The molecule has 0 fully saturated rings. The fraction of sp³-hybridized carbons (Fsp3) is 0.318. The molecule has 1 aromatic carbocycles. The highest BCUT2D eigenvalue weighted by molar-refractivity contribution is 7.99. The Hall–Kier alpha value is -2.60. The Labute approximate surface area is 170 Å². The lowest BCUT2D eigenvalue weighted by atomic mass is 10.1. The Kier molecular flexibility index (Phi) is 7.25. The number of pyridine rings is 1. The van der Waals surface area contributed by atoms with Gasteiger partial charge in [-0.2, -0.15) is 0 Å². The number of nitrogens with one attached hydrogen (secondary N) is 1. The van der Waals surface area contributed by atoms with E-state index < -0.39 is 0 Å². The van der Waals surface area contributed by atoms with E-state index in [4.69, 9.17) is 4.42 Å². The van der Waals surface area contributed by atoms with Crippen LogP contribution in [0, 0.1) is 6.92 Å². The number of carbonyl (C=O) groups is 1. The number of carbonyl (C=O) groups excluding carboxylic acids is 1. The molecular formula is C22H25N3O2S. The molecule has 146 valence electrons. The lowest BCUT2D eigenvalue weighted by Gasteiger charge is -2.05. The molecule has 3 aromatic rings. The molecule has 0 radical (unpaired) electrons. The predicted molar refractivity (Wildman–Crippen MR) is 113 cm³/mol. The van der Waals surface area contributed by atoms with Gasteiger partial charge < -0.3 is 9.73 Å². The first-order valence-electron chi connectivity index (χ1n) is 9.44. The molecule has 0 aliphatic carbocycles. The summed E-state index contributed by atoms with van der Waals surface area (Å²) in [5.41, 5.74) is 4.33. The largest absolute Gasteiger partial charge is 0.441 e. The van der Waals surface area contributed by atoms with E-state index in [0.717, 1.165) is 29.9 Å². The van der Waals surface area contributed by atoms with Gasteiger partial charge in [0, 0.05) is 30.3 Å². The van der Waals surface area contributed by atoms with Crippen molar-refractivity contribution in [2.45, 2.75) is 32.4 Å². The first-order valence-corrected chi connectivity index (χ1v) is 10.6. The highest BCUT2D eigenvalue weighted by atomic mass is 32.2. The second-order valence-electron chi connectivity index (χ2n) is 6.52. The Morgan fingerprint density at radius 1 is 1.11 bits per heavy atom. The Morgan fingerprint density at radius 3 is 2.57 bits per heavy atom. The van der Waals surface area contributed by atoms with Gasteiger partial charge >= 0.3 is 0 Å². The fourth-order valence-electron chi connectivity index (χ4n) is 2.76. The van der Waals surface area contributed by atoms with Crippen molar-refractivity contribution < 1.29 is 9.21 Å². The number of hydrogen-bond donors (Lipinski definition) is 1. The van der Waals surface area contributed by atoms with E-state index in [-0.39, 0.29) is 5.91 Å². The van der Waals surface area contributed by atoms with E-state index in [2.05, 4.69) is 34.3 Å². The van der Waals surface area contributed by atoms with Gasteiger partial charge in [-0.3, -0.25) is 9.78 Å². The van der Waals surface area contributed by atoms with Crippen LogP contribution >= 0.6 is 11.8 Å². The Bertz CT molecular complexity index is 892. The van der Waals surface area contributed by atoms with Crippen molar-refractivity contribution in [1.82, 2.24) is 15.3 Å². The highest BCUT2D eigenvalue weighted by Crippen LogP contribution is 2.24. The van der Waals surface area contributed by atoms with E-state index in [9.17, 15) is 4.79 Å². The number of aromatic nitrogens is 2. The maximum absolute atomic E-state index is 12.0. The van der Waals surface area contributed by atoms with Crippen LogP contribution in [0.4, 0.5) is 0 Å². The second kappa shape index (κ2) is 10.1. The third-order valence-electron chi connectivity index (χ3n) is 4.46. The van der Waals surface area contributed by atoms with Gasteiger partial charge in [0.2, 0.25) is 11.8 Å². The van der Waals surface area contributed by atoms with Crippen LogP contribution in [0.3, 0.4) is 0 Å². The molecule has 28 heavy (non-hydrogen) atoms. The first kappa shape index (κ1) is 20.1. The van der Waals surface area contributed by atoms with Gasteiger partial charge in [0.1, 0.15) is 5.76 Å². The molecule has 2 heterocycles. The molecule has 2 aromatic heterocycles. The lowest BCUT2D eigenvalue weighted by Crippen LogP contribution is -2.27. The van der Waals surface area contributed by atoms with Gasteiger partial charge in [-0.05, 0) is 55.2 Å². The average Bonchev–Trinajstić information content (AvgIpc) is 3.09. The number of nitrogens with zero attached hydrogens (tertiary/aromatic N) is 2. The van der Waals surface area contributed by atoms with Crippen LogP contribution in [0.1, 0.15) is 29.5 Å². The zero-order valence-electron chi connectivity index (χ0n) is 16.3. The zero-order valence-corrected chi connectivity index (χ0v) is 17.1. The fourth-order valence-corrected chi connectivity index (χ4v) is 3.61. The normalized spacial score (nSPS) is 10.8. The van der Waals surface area contributed by atoms with Gasteiger partial charge in [-0.15, -0.1) is 11.8 Å². The van der Waals surface area contributed by atoms with Gasteiger partial charge in [-0.25, -0.2) is 4.98 Å². The third kappa shape index (κ3) is 5.70. The first-order chi connectivity index (χ1) is 13.7. The van der Waals surface area contributed by atoms with Crippen LogP contribution in [0.15, 0.2) is 53.2 Å². The summed E-state index contributed by atoms with van der Waals surface area (Å²) >= 11 is 1.54. The van der Waals surface area contributed by atoms with Gasteiger partial charge in [0.15, 0.2) is 0 Å². The molecule has 1 amide bonds. The summed E-state index contributed by atoms with van der Waals surface area (Å²) in [5, 5.41) is 2.95. The molecule has 0 bridgehead atoms. The summed E-state index contributed by atoms with van der Waals surface area (Å²) in [6.07, 6.45) is 5.35. The van der Waals surface area contributed by atoms with E-state index in [1.807, 2.05) is 31.2 Å². The number of oxazole rings is 1. The molecule has 0 unspecified atom stereocenters. The van der Waals surface area contributed by atoms with E-state index in [1.165, 1.54) is 11.1 Å². The zero-order chi connectivity index (χ0) is 19.8. The number of amides is 1. The predicted octanol–water partition coefficient (Wildman–Crippen LogP) is 4.20. The summed E-state index contributed by atoms with van der Waals surface area (Å²) in [6, 6.07) is 12.2.